The molecule has 2 N–H and O–H groups in total. The second kappa shape index (κ2) is 8.89. The first-order valence-electron chi connectivity index (χ1n) is 10.3. The number of anilines is 1. The van der Waals surface area contributed by atoms with Crippen molar-refractivity contribution in [3.63, 3.8) is 0 Å². The normalized spacial score (nSPS) is 10.6. The molecule has 1 aromatic carbocycles. The molecule has 32 heavy (non-hydrogen) atoms. The minimum absolute atomic E-state index is 0.279. The van der Waals surface area contributed by atoms with E-state index in [0.29, 0.717) is 34.1 Å². The van der Waals surface area contributed by atoms with E-state index in [9.17, 15) is 4.39 Å². The molecule has 160 valence electrons. The van der Waals surface area contributed by atoms with E-state index in [4.69, 9.17) is 15.7 Å². The van der Waals surface area contributed by atoms with Gasteiger partial charge < -0.3 is 5.73 Å². The SMILES string of the molecule is CC.Cc1ccc(-n2c(-c3nccnc3N)nc3ccc(-c4ccc(F)cn4)nc32)cc1. The molecule has 0 saturated carbocycles. The maximum Gasteiger partial charge on any atom is 0.169 e. The summed E-state index contributed by atoms with van der Waals surface area (Å²) in [6, 6.07) is 14.6. The maximum atomic E-state index is 13.3. The van der Waals surface area contributed by atoms with Gasteiger partial charge in [-0.05, 0) is 43.3 Å². The summed E-state index contributed by atoms with van der Waals surface area (Å²) in [6.07, 6.45) is 4.28. The van der Waals surface area contributed by atoms with E-state index >= 15 is 0 Å². The molecule has 0 bridgehead atoms. The fraction of sp³-hybridized carbons (Fsp3) is 0.125. The summed E-state index contributed by atoms with van der Waals surface area (Å²) in [5.41, 5.74) is 11.0. The third-order valence-corrected chi connectivity index (χ3v) is 4.72. The predicted octanol–water partition coefficient (Wildman–Crippen LogP) is 5.00. The number of benzene rings is 1. The van der Waals surface area contributed by atoms with Crippen molar-refractivity contribution in [2.24, 2.45) is 0 Å². The van der Waals surface area contributed by atoms with Crippen LogP contribution < -0.4 is 5.73 Å². The quantitative estimate of drug-likeness (QED) is 0.436. The van der Waals surface area contributed by atoms with Crippen LogP contribution in [-0.2, 0) is 0 Å². The number of hydrogen-bond donors (Lipinski definition) is 1. The van der Waals surface area contributed by atoms with E-state index in [-0.39, 0.29) is 5.82 Å². The topological polar surface area (TPSA) is 95.4 Å². The Morgan fingerprint density at radius 2 is 1.53 bits per heavy atom. The number of nitrogens with zero attached hydrogens (tertiary/aromatic N) is 6. The van der Waals surface area contributed by atoms with Crippen molar-refractivity contribution in [2.45, 2.75) is 20.8 Å². The lowest BCUT2D eigenvalue weighted by molar-refractivity contribution is 0.622. The van der Waals surface area contributed by atoms with E-state index in [1.165, 1.54) is 18.5 Å². The molecule has 0 aliphatic carbocycles. The summed E-state index contributed by atoms with van der Waals surface area (Å²) in [5.74, 6) is 0.419. The van der Waals surface area contributed by atoms with Gasteiger partial charge in [-0.15, -0.1) is 0 Å². The summed E-state index contributed by atoms with van der Waals surface area (Å²) in [4.78, 5) is 22.2. The molecule has 7 nitrogen and oxygen atoms in total. The molecule has 0 saturated heterocycles. The highest BCUT2D eigenvalue weighted by molar-refractivity contribution is 5.83. The molecule has 8 heteroatoms. The number of nitrogens with two attached hydrogens (primary N) is 1. The third-order valence-electron chi connectivity index (χ3n) is 4.72. The highest BCUT2D eigenvalue weighted by atomic mass is 19.1. The van der Waals surface area contributed by atoms with Crippen molar-refractivity contribution in [2.75, 3.05) is 5.73 Å². The van der Waals surface area contributed by atoms with Crippen LogP contribution in [0.4, 0.5) is 10.2 Å². The molecule has 0 spiro atoms. The fourth-order valence-electron chi connectivity index (χ4n) is 3.25. The lowest BCUT2D eigenvalue weighted by atomic mass is 10.2. The Bertz CT molecular complexity index is 1360. The Balaban J connectivity index is 0.00000119. The van der Waals surface area contributed by atoms with Crippen LogP contribution >= 0.6 is 0 Å². The first-order chi connectivity index (χ1) is 15.6. The molecular formula is C24H22FN7. The second-order valence-corrected chi connectivity index (χ2v) is 6.80. The fourth-order valence-corrected chi connectivity index (χ4v) is 3.25. The number of hydrogen-bond acceptors (Lipinski definition) is 6. The van der Waals surface area contributed by atoms with Crippen molar-refractivity contribution in [1.82, 2.24) is 29.5 Å². The minimum atomic E-state index is -0.398. The van der Waals surface area contributed by atoms with E-state index in [1.807, 2.05) is 55.7 Å². The largest absolute Gasteiger partial charge is 0.382 e. The predicted molar refractivity (Wildman–Crippen MR) is 124 cm³/mol. The molecule has 0 atom stereocenters. The van der Waals surface area contributed by atoms with Gasteiger partial charge >= 0.3 is 0 Å². The molecule has 0 fully saturated rings. The summed E-state index contributed by atoms with van der Waals surface area (Å²) in [7, 11) is 0. The number of rotatable bonds is 3. The Morgan fingerprint density at radius 1 is 0.812 bits per heavy atom. The zero-order chi connectivity index (χ0) is 22.7. The van der Waals surface area contributed by atoms with Gasteiger partial charge in [0.1, 0.15) is 17.0 Å². The number of aromatic nitrogens is 6. The highest BCUT2D eigenvalue weighted by Crippen LogP contribution is 2.30. The Morgan fingerprint density at radius 3 is 2.22 bits per heavy atom. The molecule has 5 rings (SSSR count). The van der Waals surface area contributed by atoms with Gasteiger partial charge in [0.2, 0.25) is 0 Å². The molecular weight excluding hydrogens is 405 g/mol. The zero-order valence-corrected chi connectivity index (χ0v) is 18.0. The molecule has 0 amide bonds. The molecule has 0 aliphatic rings. The van der Waals surface area contributed by atoms with Gasteiger partial charge in [-0.25, -0.2) is 24.3 Å². The van der Waals surface area contributed by atoms with Gasteiger partial charge in [-0.3, -0.25) is 9.55 Å². The third kappa shape index (κ3) is 3.90. The van der Waals surface area contributed by atoms with Gasteiger partial charge in [0, 0.05) is 18.1 Å². The summed E-state index contributed by atoms with van der Waals surface area (Å²) < 4.78 is 15.2. The van der Waals surface area contributed by atoms with Crippen molar-refractivity contribution in [3.8, 4) is 28.6 Å². The Hall–Kier alpha value is -4.20. The molecule has 0 aliphatic heterocycles. The summed E-state index contributed by atoms with van der Waals surface area (Å²) >= 11 is 0. The smallest absolute Gasteiger partial charge is 0.169 e. The van der Waals surface area contributed by atoms with Crippen LogP contribution in [0.1, 0.15) is 19.4 Å². The van der Waals surface area contributed by atoms with Crippen LogP contribution in [0, 0.1) is 12.7 Å². The Labute approximate surface area is 184 Å². The maximum absolute atomic E-state index is 13.3. The number of imidazole rings is 1. The van der Waals surface area contributed by atoms with Crippen LogP contribution in [0.5, 0.6) is 0 Å². The molecule has 4 aromatic heterocycles. The van der Waals surface area contributed by atoms with E-state index in [0.717, 1.165) is 11.3 Å². The highest BCUT2D eigenvalue weighted by Gasteiger charge is 2.19. The van der Waals surface area contributed by atoms with Gasteiger partial charge in [0.15, 0.2) is 17.3 Å². The molecule has 4 heterocycles. The standard InChI is InChI=1S/C22H16FN7.C2H6/c1-13-2-5-15(6-3-13)30-21-18(29-22(30)19-20(24)26-11-10-25-19)9-8-17(28-21)16-7-4-14(23)12-27-16;1-2/h2-12H,1H3,(H2,24,26);1-2H3. The second-order valence-electron chi connectivity index (χ2n) is 6.80. The van der Waals surface area contributed by atoms with Gasteiger partial charge in [-0.2, -0.15) is 0 Å². The average molecular weight is 427 g/mol. The summed E-state index contributed by atoms with van der Waals surface area (Å²) in [6.45, 7) is 6.02. The lowest BCUT2D eigenvalue weighted by Crippen LogP contribution is -2.03. The number of nitrogen functional groups attached to an aromatic ring is 1. The Kier molecular flexibility index (Phi) is 5.85. The number of halogens is 1. The van der Waals surface area contributed by atoms with Crippen molar-refractivity contribution in [3.05, 3.63) is 78.5 Å². The van der Waals surface area contributed by atoms with E-state index < -0.39 is 5.82 Å². The van der Waals surface area contributed by atoms with Crippen molar-refractivity contribution in [1.29, 1.82) is 0 Å². The number of aryl methyl sites for hydroxylation is 1. The lowest BCUT2D eigenvalue weighted by Gasteiger charge is -2.10. The zero-order valence-electron chi connectivity index (χ0n) is 18.0. The monoisotopic (exact) mass is 427 g/mol. The van der Waals surface area contributed by atoms with Crippen molar-refractivity contribution < 1.29 is 4.39 Å². The average Bonchev–Trinajstić information content (AvgIpc) is 3.20. The van der Waals surface area contributed by atoms with Crippen LogP contribution in [0.15, 0.2) is 67.1 Å². The number of fused-ring (bicyclic) bond motifs is 1. The van der Waals surface area contributed by atoms with Gasteiger partial charge in [-0.1, -0.05) is 31.5 Å². The molecule has 5 aromatic rings. The molecule has 0 unspecified atom stereocenters. The van der Waals surface area contributed by atoms with Crippen LogP contribution in [0.2, 0.25) is 0 Å². The van der Waals surface area contributed by atoms with E-state index in [2.05, 4.69) is 15.0 Å². The minimum Gasteiger partial charge on any atom is -0.382 e. The summed E-state index contributed by atoms with van der Waals surface area (Å²) in [5, 5.41) is 0. The first-order valence-corrected chi connectivity index (χ1v) is 10.3. The number of pyridine rings is 2. The van der Waals surface area contributed by atoms with Crippen LogP contribution in [-0.4, -0.2) is 29.5 Å². The van der Waals surface area contributed by atoms with Crippen LogP contribution in [0.25, 0.3) is 39.8 Å². The van der Waals surface area contributed by atoms with Gasteiger partial charge in [0.25, 0.3) is 0 Å². The van der Waals surface area contributed by atoms with E-state index in [1.54, 1.807) is 18.3 Å². The molecule has 0 radical (unpaired) electrons. The van der Waals surface area contributed by atoms with Crippen molar-refractivity contribution >= 4 is 17.0 Å². The first kappa shape index (κ1) is 21.0. The van der Waals surface area contributed by atoms with Gasteiger partial charge in [0.05, 0.1) is 17.6 Å². The van der Waals surface area contributed by atoms with Crippen LogP contribution in [0.3, 0.4) is 0 Å².